The van der Waals surface area contributed by atoms with Crippen LogP contribution in [0.3, 0.4) is 0 Å². The van der Waals surface area contributed by atoms with E-state index in [0.717, 1.165) is 26.2 Å². The fraction of sp³-hybridized carbons (Fsp3) is 0.500. The van der Waals surface area contributed by atoms with Crippen molar-refractivity contribution < 1.29 is 14.3 Å². The molecule has 0 aromatic heterocycles. The average Bonchev–Trinajstić information content (AvgIpc) is 2.45. The highest BCUT2D eigenvalue weighted by Gasteiger charge is 2.19. The molecule has 19 heavy (non-hydrogen) atoms. The molecule has 5 nitrogen and oxygen atoms in total. The minimum Gasteiger partial charge on any atom is -0.493 e. The van der Waals surface area contributed by atoms with E-state index in [0.29, 0.717) is 11.5 Å². The molecule has 0 spiro atoms. The molecule has 1 amide bonds. The monoisotopic (exact) mass is 264 g/mol. The molecule has 0 bridgehead atoms. The van der Waals surface area contributed by atoms with E-state index >= 15 is 0 Å². The van der Waals surface area contributed by atoms with Gasteiger partial charge >= 0.3 is 0 Å². The Bertz CT molecular complexity index is 428. The van der Waals surface area contributed by atoms with Gasteiger partial charge in [-0.3, -0.25) is 4.79 Å². The zero-order valence-corrected chi connectivity index (χ0v) is 11.5. The first-order chi connectivity index (χ1) is 9.20. The molecule has 104 valence electrons. The molecule has 1 heterocycles. The Morgan fingerprint density at radius 2 is 1.79 bits per heavy atom. The zero-order chi connectivity index (χ0) is 13.7. The summed E-state index contributed by atoms with van der Waals surface area (Å²) in [6.45, 7) is 3.43. The number of piperazine rings is 1. The van der Waals surface area contributed by atoms with Crippen molar-refractivity contribution >= 4 is 5.91 Å². The van der Waals surface area contributed by atoms with E-state index < -0.39 is 0 Å². The summed E-state index contributed by atoms with van der Waals surface area (Å²) in [5.41, 5.74) is 0. The molecule has 1 fully saturated rings. The molecule has 0 atom stereocenters. The second-order valence-electron chi connectivity index (χ2n) is 4.62. The van der Waals surface area contributed by atoms with Crippen molar-refractivity contribution in [2.45, 2.75) is 0 Å². The lowest BCUT2D eigenvalue weighted by Gasteiger charge is -2.32. The molecule has 0 aliphatic carbocycles. The quantitative estimate of drug-likeness (QED) is 0.808. The van der Waals surface area contributed by atoms with E-state index in [-0.39, 0.29) is 12.5 Å². The molecular weight excluding hydrogens is 244 g/mol. The summed E-state index contributed by atoms with van der Waals surface area (Å²) >= 11 is 0. The van der Waals surface area contributed by atoms with Crippen LogP contribution in [0.4, 0.5) is 0 Å². The second-order valence-corrected chi connectivity index (χ2v) is 4.62. The van der Waals surface area contributed by atoms with Gasteiger partial charge in [-0.2, -0.15) is 0 Å². The predicted molar refractivity (Wildman–Crippen MR) is 72.6 cm³/mol. The van der Waals surface area contributed by atoms with Gasteiger partial charge in [0.05, 0.1) is 7.11 Å². The SMILES string of the molecule is COc1ccccc1OCC(=O)N1CCN(C)CC1. The third-order valence-electron chi connectivity index (χ3n) is 3.28. The van der Waals surface area contributed by atoms with Gasteiger partial charge in [-0.15, -0.1) is 0 Å². The Morgan fingerprint density at radius 3 is 2.42 bits per heavy atom. The van der Waals surface area contributed by atoms with Gasteiger partial charge in [-0.1, -0.05) is 12.1 Å². The minimum atomic E-state index is 0.0269. The second kappa shape index (κ2) is 6.43. The molecular formula is C14H20N2O3. The first-order valence-electron chi connectivity index (χ1n) is 6.43. The van der Waals surface area contributed by atoms with Crippen molar-refractivity contribution in [2.24, 2.45) is 0 Å². The highest BCUT2D eigenvalue weighted by molar-refractivity contribution is 5.78. The number of ether oxygens (including phenoxy) is 2. The van der Waals surface area contributed by atoms with Crippen LogP contribution in [0.1, 0.15) is 0 Å². The highest BCUT2D eigenvalue weighted by Crippen LogP contribution is 2.25. The molecule has 5 heteroatoms. The van der Waals surface area contributed by atoms with Crippen LogP contribution in [0, 0.1) is 0 Å². The number of methoxy groups -OCH3 is 1. The molecule has 1 saturated heterocycles. The molecule has 0 N–H and O–H groups in total. The summed E-state index contributed by atoms with van der Waals surface area (Å²) in [6, 6.07) is 7.35. The number of benzene rings is 1. The molecule has 1 aliphatic rings. The van der Waals surface area contributed by atoms with Gasteiger partial charge < -0.3 is 19.3 Å². The molecule has 1 aliphatic heterocycles. The number of likely N-dealkylation sites (N-methyl/N-ethyl adjacent to an activating group) is 1. The van der Waals surface area contributed by atoms with Gasteiger partial charge in [0.1, 0.15) is 0 Å². The van der Waals surface area contributed by atoms with Crippen molar-refractivity contribution in [1.82, 2.24) is 9.80 Å². The van der Waals surface area contributed by atoms with E-state index in [4.69, 9.17) is 9.47 Å². The lowest BCUT2D eigenvalue weighted by Crippen LogP contribution is -2.48. The van der Waals surface area contributed by atoms with Gasteiger partial charge in [0.25, 0.3) is 5.91 Å². The lowest BCUT2D eigenvalue weighted by molar-refractivity contribution is -0.134. The summed E-state index contributed by atoms with van der Waals surface area (Å²) in [4.78, 5) is 16.1. The summed E-state index contributed by atoms with van der Waals surface area (Å²) in [5.74, 6) is 1.28. The number of hydrogen-bond donors (Lipinski definition) is 0. The molecule has 1 aromatic rings. The number of carbonyl (C=O) groups excluding carboxylic acids is 1. The number of para-hydroxylation sites is 2. The summed E-state index contributed by atoms with van der Waals surface area (Å²) in [5, 5.41) is 0. The van der Waals surface area contributed by atoms with Crippen LogP contribution in [0.5, 0.6) is 11.5 Å². The Balaban J connectivity index is 1.86. The Kier molecular flexibility index (Phi) is 4.63. The fourth-order valence-corrected chi connectivity index (χ4v) is 2.02. The minimum absolute atomic E-state index is 0.0269. The summed E-state index contributed by atoms with van der Waals surface area (Å²) in [7, 11) is 3.65. The first-order valence-corrected chi connectivity index (χ1v) is 6.43. The number of nitrogens with zero attached hydrogens (tertiary/aromatic N) is 2. The summed E-state index contributed by atoms with van der Waals surface area (Å²) < 4.78 is 10.7. The van der Waals surface area contributed by atoms with Gasteiger partial charge in [-0.05, 0) is 19.2 Å². The van der Waals surface area contributed by atoms with Crippen LogP contribution in [0.25, 0.3) is 0 Å². The zero-order valence-electron chi connectivity index (χ0n) is 11.5. The van der Waals surface area contributed by atoms with E-state index in [1.807, 2.05) is 23.1 Å². The summed E-state index contributed by atoms with van der Waals surface area (Å²) in [6.07, 6.45) is 0. The van der Waals surface area contributed by atoms with Crippen LogP contribution >= 0.6 is 0 Å². The Labute approximate surface area is 113 Å². The number of amides is 1. The van der Waals surface area contributed by atoms with Crippen molar-refractivity contribution in [3.05, 3.63) is 24.3 Å². The number of carbonyl (C=O) groups is 1. The van der Waals surface area contributed by atoms with Crippen LogP contribution in [0.15, 0.2) is 24.3 Å². The van der Waals surface area contributed by atoms with Gasteiger partial charge in [0.15, 0.2) is 18.1 Å². The average molecular weight is 264 g/mol. The maximum Gasteiger partial charge on any atom is 0.260 e. The predicted octanol–water partition coefficient (Wildman–Crippen LogP) is 0.848. The van der Waals surface area contributed by atoms with Gasteiger partial charge in [0, 0.05) is 26.2 Å². The van der Waals surface area contributed by atoms with Crippen molar-refractivity contribution in [3.8, 4) is 11.5 Å². The molecule has 2 rings (SSSR count). The first kappa shape index (κ1) is 13.7. The molecule has 0 unspecified atom stereocenters. The van der Waals surface area contributed by atoms with Gasteiger partial charge in [-0.25, -0.2) is 0 Å². The van der Waals surface area contributed by atoms with E-state index in [1.165, 1.54) is 0 Å². The molecule has 0 saturated carbocycles. The van der Waals surface area contributed by atoms with Crippen LogP contribution in [-0.2, 0) is 4.79 Å². The maximum absolute atomic E-state index is 12.0. The Hall–Kier alpha value is -1.75. The smallest absolute Gasteiger partial charge is 0.260 e. The van der Waals surface area contributed by atoms with E-state index in [2.05, 4.69) is 11.9 Å². The maximum atomic E-state index is 12.0. The van der Waals surface area contributed by atoms with Gasteiger partial charge in [0.2, 0.25) is 0 Å². The third-order valence-corrected chi connectivity index (χ3v) is 3.28. The van der Waals surface area contributed by atoms with E-state index in [1.54, 1.807) is 13.2 Å². The lowest BCUT2D eigenvalue weighted by atomic mass is 10.3. The van der Waals surface area contributed by atoms with Crippen molar-refractivity contribution in [3.63, 3.8) is 0 Å². The van der Waals surface area contributed by atoms with Crippen molar-refractivity contribution in [1.29, 1.82) is 0 Å². The van der Waals surface area contributed by atoms with Crippen molar-refractivity contribution in [2.75, 3.05) is 46.9 Å². The van der Waals surface area contributed by atoms with Crippen LogP contribution in [-0.4, -0.2) is 62.7 Å². The fourth-order valence-electron chi connectivity index (χ4n) is 2.02. The highest BCUT2D eigenvalue weighted by atomic mass is 16.5. The Morgan fingerprint density at radius 1 is 1.16 bits per heavy atom. The van der Waals surface area contributed by atoms with Crippen LogP contribution < -0.4 is 9.47 Å². The van der Waals surface area contributed by atoms with E-state index in [9.17, 15) is 4.79 Å². The third kappa shape index (κ3) is 3.61. The topological polar surface area (TPSA) is 42.0 Å². The normalized spacial score (nSPS) is 16.2. The number of hydrogen-bond acceptors (Lipinski definition) is 4. The largest absolute Gasteiger partial charge is 0.493 e. The molecule has 0 radical (unpaired) electrons. The number of rotatable bonds is 4. The molecule has 1 aromatic carbocycles. The standard InChI is InChI=1S/C14H20N2O3/c1-15-7-9-16(10-8-15)14(17)11-19-13-6-4-3-5-12(13)18-2/h3-6H,7-11H2,1-2H3. The van der Waals surface area contributed by atoms with Crippen LogP contribution in [0.2, 0.25) is 0 Å².